The van der Waals surface area contributed by atoms with Crippen LogP contribution < -0.4 is 9.47 Å². The van der Waals surface area contributed by atoms with Gasteiger partial charge in [0.25, 0.3) is 5.91 Å². The summed E-state index contributed by atoms with van der Waals surface area (Å²) in [5.41, 5.74) is 4.59. The monoisotopic (exact) mass is 498 g/mol. The van der Waals surface area contributed by atoms with Crippen molar-refractivity contribution in [1.82, 2.24) is 5.01 Å². The number of carbonyl (C=O) groups excluding carboxylic acids is 1. The lowest BCUT2D eigenvalue weighted by Gasteiger charge is -2.29. The summed E-state index contributed by atoms with van der Waals surface area (Å²) in [4.78, 5) is 13.7. The van der Waals surface area contributed by atoms with Gasteiger partial charge in [0.2, 0.25) is 0 Å². The molecule has 2 atom stereocenters. The Morgan fingerprint density at radius 3 is 2.19 bits per heavy atom. The predicted octanol–water partition coefficient (Wildman–Crippen LogP) is 7.06. The van der Waals surface area contributed by atoms with Crippen LogP contribution in [0, 0.1) is 11.7 Å². The molecule has 1 heterocycles. The number of rotatable bonds is 7. The van der Waals surface area contributed by atoms with Gasteiger partial charge in [-0.05, 0) is 104 Å². The highest BCUT2D eigenvalue weighted by Gasteiger charge is 2.44. The Hall–Kier alpha value is -3.93. The van der Waals surface area contributed by atoms with Crippen molar-refractivity contribution in [1.29, 1.82) is 0 Å². The van der Waals surface area contributed by atoms with Gasteiger partial charge in [0, 0.05) is 11.5 Å². The standard InChI is InChI=1S/C31H31FN2O3/c1-3-36-26-16-8-21(9-17-26)20-24-6-5-7-28-29(24)33-34(31(35)23-10-14-25(32)15-11-23)30(28)22-12-18-27(19-13-22)37-4-2/h8-20,28,30H,3-7H2,1-2H3/b24-20-/t28-,30-/m0/s1. The summed E-state index contributed by atoms with van der Waals surface area (Å²) >= 11 is 0. The van der Waals surface area contributed by atoms with Gasteiger partial charge < -0.3 is 9.47 Å². The molecule has 0 aromatic heterocycles. The van der Waals surface area contributed by atoms with Crippen molar-refractivity contribution in [3.05, 3.63) is 101 Å². The van der Waals surface area contributed by atoms with E-state index in [2.05, 4.69) is 6.08 Å². The van der Waals surface area contributed by atoms with Crippen molar-refractivity contribution in [2.24, 2.45) is 11.0 Å². The third-order valence-electron chi connectivity index (χ3n) is 6.87. The number of halogens is 1. The lowest BCUT2D eigenvalue weighted by Crippen LogP contribution is -2.31. The number of hydrogen-bond donors (Lipinski definition) is 0. The summed E-state index contributed by atoms with van der Waals surface area (Å²) in [7, 11) is 0. The number of hydrazone groups is 1. The van der Waals surface area contributed by atoms with Gasteiger partial charge in [0.05, 0.1) is 25.0 Å². The van der Waals surface area contributed by atoms with Gasteiger partial charge in [0.15, 0.2) is 0 Å². The summed E-state index contributed by atoms with van der Waals surface area (Å²) in [5.74, 6) is 1.10. The van der Waals surface area contributed by atoms with Crippen LogP contribution in [0.25, 0.3) is 6.08 Å². The van der Waals surface area contributed by atoms with Crippen molar-refractivity contribution < 1.29 is 18.7 Å². The first-order chi connectivity index (χ1) is 18.1. The van der Waals surface area contributed by atoms with Gasteiger partial charge in [-0.1, -0.05) is 24.3 Å². The molecule has 1 aliphatic heterocycles. The minimum atomic E-state index is -0.374. The molecular weight excluding hydrogens is 467 g/mol. The maximum absolute atomic E-state index is 13.7. The van der Waals surface area contributed by atoms with E-state index in [0.29, 0.717) is 18.8 Å². The van der Waals surface area contributed by atoms with E-state index in [1.807, 2.05) is 62.4 Å². The molecule has 1 aliphatic carbocycles. The lowest BCUT2D eigenvalue weighted by atomic mass is 9.77. The number of ether oxygens (including phenoxy) is 2. The van der Waals surface area contributed by atoms with Gasteiger partial charge in [-0.2, -0.15) is 5.10 Å². The molecule has 5 nitrogen and oxygen atoms in total. The van der Waals surface area contributed by atoms with Crippen LogP contribution in [0.3, 0.4) is 0 Å². The molecule has 37 heavy (non-hydrogen) atoms. The first kappa shape index (κ1) is 24.8. The number of allylic oxidation sites excluding steroid dienone is 1. The van der Waals surface area contributed by atoms with E-state index in [4.69, 9.17) is 14.6 Å². The summed E-state index contributed by atoms with van der Waals surface area (Å²) in [6, 6.07) is 21.4. The third-order valence-corrected chi connectivity index (χ3v) is 6.87. The first-order valence-electron chi connectivity index (χ1n) is 12.9. The Labute approximate surface area is 217 Å². The van der Waals surface area contributed by atoms with Gasteiger partial charge in [-0.25, -0.2) is 9.40 Å². The van der Waals surface area contributed by atoms with E-state index in [1.165, 1.54) is 24.3 Å². The molecule has 0 N–H and O–H groups in total. The van der Waals surface area contributed by atoms with E-state index < -0.39 is 0 Å². The normalized spacial score (nSPS) is 19.9. The lowest BCUT2D eigenvalue weighted by molar-refractivity contribution is 0.0681. The predicted molar refractivity (Wildman–Crippen MR) is 143 cm³/mol. The van der Waals surface area contributed by atoms with Crippen LogP contribution in [-0.4, -0.2) is 29.8 Å². The Balaban J connectivity index is 1.52. The molecule has 1 saturated carbocycles. The number of benzene rings is 3. The minimum Gasteiger partial charge on any atom is -0.494 e. The van der Waals surface area contributed by atoms with Gasteiger partial charge in [0.1, 0.15) is 17.3 Å². The number of nitrogens with zero attached hydrogens (tertiary/aromatic N) is 2. The van der Waals surface area contributed by atoms with Crippen molar-refractivity contribution >= 4 is 17.7 Å². The Bertz CT molecular complexity index is 1300. The second-order valence-electron chi connectivity index (χ2n) is 9.26. The average Bonchev–Trinajstić information content (AvgIpc) is 3.31. The molecule has 1 fully saturated rings. The zero-order chi connectivity index (χ0) is 25.8. The van der Waals surface area contributed by atoms with E-state index in [9.17, 15) is 9.18 Å². The largest absolute Gasteiger partial charge is 0.494 e. The zero-order valence-electron chi connectivity index (χ0n) is 21.2. The van der Waals surface area contributed by atoms with Crippen molar-refractivity contribution in [3.8, 4) is 11.5 Å². The summed E-state index contributed by atoms with van der Waals surface area (Å²) in [6.45, 7) is 5.14. The summed E-state index contributed by atoms with van der Waals surface area (Å²) in [5, 5.41) is 6.53. The van der Waals surface area contributed by atoms with Crippen LogP contribution >= 0.6 is 0 Å². The number of hydrogen-bond acceptors (Lipinski definition) is 4. The molecule has 6 heteroatoms. The second kappa shape index (κ2) is 11.0. The molecule has 0 unspecified atom stereocenters. The molecule has 190 valence electrons. The molecule has 3 aromatic carbocycles. The SMILES string of the molecule is CCOc1ccc(/C=C2/CCC[C@H]3C2=NN(C(=O)c2ccc(F)cc2)[C@H]3c2ccc(OCC)cc2)cc1. The van der Waals surface area contributed by atoms with Crippen molar-refractivity contribution in [3.63, 3.8) is 0 Å². The van der Waals surface area contributed by atoms with Crippen molar-refractivity contribution in [2.75, 3.05) is 13.2 Å². The first-order valence-corrected chi connectivity index (χ1v) is 12.9. The van der Waals surface area contributed by atoms with Crippen molar-refractivity contribution in [2.45, 2.75) is 39.2 Å². The number of fused-ring (bicyclic) bond motifs is 1. The molecule has 1 amide bonds. The molecule has 0 radical (unpaired) electrons. The minimum absolute atomic E-state index is 0.0741. The fourth-order valence-electron chi connectivity index (χ4n) is 5.18. The van der Waals surface area contributed by atoms with Crippen LogP contribution in [0.1, 0.15) is 60.6 Å². The zero-order valence-corrected chi connectivity index (χ0v) is 21.2. The number of amides is 1. The van der Waals surface area contributed by atoms with Gasteiger partial charge >= 0.3 is 0 Å². The Morgan fingerprint density at radius 1 is 0.946 bits per heavy atom. The van der Waals surface area contributed by atoms with Crippen LogP contribution in [0.4, 0.5) is 4.39 Å². The molecule has 5 rings (SSSR count). The van der Waals surface area contributed by atoms with Crippen LogP contribution in [0.2, 0.25) is 0 Å². The van der Waals surface area contributed by atoms with E-state index in [0.717, 1.165) is 53.2 Å². The maximum atomic E-state index is 13.7. The highest BCUT2D eigenvalue weighted by Crippen LogP contribution is 2.45. The second-order valence-corrected chi connectivity index (χ2v) is 9.26. The highest BCUT2D eigenvalue weighted by molar-refractivity contribution is 6.09. The Kier molecular flexibility index (Phi) is 7.35. The molecule has 0 bridgehead atoms. The maximum Gasteiger partial charge on any atom is 0.274 e. The quantitative estimate of drug-likeness (QED) is 0.350. The smallest absolute Gasteiger partial charge is 0.274 e. The van der Waals surface area contributed by atoms with E-state index >= 15 is 0 Å². The fraction of sp³-hybridized carbons (Fsp3) is 0.290. The van der Waals surface area contributed by atoms with Crippen LogP contribution in [0.15, 0.2) is 83.5 Å². The molecule has 0 saturated heterocycles. The molecule has 3 aromatic rings. The van der Waals surface area contributed by atoms with Gasteiger partial charge in [-0.15, -0.1) is 0 Å². The van der Waals surface area contributed by atoms with E-state index in [-0.39, 0.29) is 23.7 Å². The van der Waals surface area contributed by atoms with Crippen LogP contribution in [0.5, 0.6) is 11.5 Å². The van der Waals surface area contributed by atoms with E-state index in [1.54, 1.807) is 5.01 Å². The molecule has 0 spiro atoms. The number of carbonyl (C=O) groups is 1. The highest BCUT2D eigenvalue weighted by atomic mass is 19.1. The Morgan fingerprint density at radius 2 is 1.57 bits per heavy atom. The third kappa shape index (κ3) is 5.29. The fourth-order valence-corrected chi connectivity index (χ4v) is 5.18. The molecule has 2 aliphatic rings. The van der Waals surface area contributed by atoms with Gasteiger partial charge in [-0.3, -0.25) is 4.79 Å². The topological polar surface area (TPSA) is 51.1 Å². The summed E-state index contributed by atoms with van der Waals surface area (Å²) in [6.07, 6.45) is 5.02. The average molecular weight is 499 g/mol. The summed E-state index contributed by atoms with van der Waals surface area (Å²) < 4.78 is 24.8. The van der Waals surface area contributed by atoms with Crippen LogP contribution in [-0.2, 0) is 0 Å². The molecular formula is C31H31FN2O3.